The number of carboxylic acid groups (broad SMARTS) is 1. The summed E-state index contributed by atoms with van der Waals surface area (Å²) in [6, 6.07) is 8.65. The van der Waals surface area contributed by atoms with Gasteiger partial charge in [0.1, 0.15) is 11.3 Å². The van der Waals surface area contributed by atoms with Gasteiger partial charge in [0.25, 0.3) is 5.91 Å². The van der Waals surface area contributed by atoms with Gasteiger partial charge in [-0.1, -0.05) is 36.7 Å². The minimum atomic E-state index is -1.10. The van der Waals surface area contributed by atoms with Gasteiger partial charge in [-0.15, -0.1) is 0 Å². The highest BCUT2D eigenvalue weighted by Gasteiger charge is 2.19. The Hall–Kier alpha value is -2.27. The number of furan rings is 1. The molecule has 1 amide bonds. The average molecular weight is 322 g/mol. The smallest absolute Gasteiger partial charge is 0.339 e. The van der Waals surface area contributed by atoms with Crippen molar-refractivity contribution in [3.8, 4) is 0 Å². The molecule has 0 fully saturated rings. The summed E-state index contributed by atoms with van der Waals surface area (Å²) in [5, 5.41) is 12.4. The van der Waals surface area contributed by atoms with E-state index in [1.165, 1.54) is 6.07 Å². The molecule has 2 rings (SSSR count). The molecule has 0 saturated carbocycles. The number of nitrogens with one attached hydrogen (secondary N) is 1. The summed E-state index contributed by atoms with van der Waals surface area (Å²) in [5.74, 6) is -1.23. The third kappa shape index (κ3) is 3.68. The van der Waals surface area contributed by atoms with Crippen LogP contribution in [0, 0.1) is 0 Å². The Labute approximate surface area is 132 Å². The van der Waals surface area contributed by atoms with Crippen molar-refractivity contribution in [2.24, 2.45) is 0 Å². The van der Waals surface area contributed by atoms with Gasteiger partial charge in [-0.3, -0.25) is 4.79 Å². The highest BCUT2D eigenvalue weighted by molar-refractivity contribution is 6.31. The predicted molar refractivity (Wildman–Crippen MR) is 82.5 cm³/mol. The molecule has 5 nitrogen and oxygen atoms in total. The van der Waals surface area contributed by atoms with E-state index in [2.05, 4.69) is 5.32 Å². The molecule has 0 aliphatic rings. The van der Waals surface area contributed by atoms with Crippen LogP contribution < -0.4 is 5.32 Å². The fraction of sp³-hybridized carbons (Fsp3) is 0.250. The van der Waals surface area contributed by atoms with E-state index in [0.29, 0.717) is 30.2 Å². The first kappa shape index (κ1) is 16.1. The Morgan fingerprint density at radius 1 is 1.32 bits per heavy atom. The zero-order valence-electron chi connectivity index (χ0n) is 12.1. The van der Waals surface area contributed by atoms with Crippen LogP contribution in [0.5, 0.6) is 0 Å². The molecular weight excluding hydrogens is 306 g/mol. The van der Waals surface area contributed by atoms with Gasteiger partial charge in [-0.05, 0) is 18.1 Å². The summed E-state index contributed by atoms with van der Waals surface area (Å²) in [6.45, 7) is 2.15. The van der Waals surface area contributed by atoms with Gasteiger partial charge in [0.2, 0.25) is 0 Å². The van der Waals surface area contributed by atoms with E-state index >= 15 is 0 Å². The van der Waals surface area contributed by atoms with E-state index in [1.54, 1.807) is 13.0 Å². The van der Waals surface area contributed by atoms with Crippen LogP contribution >= 0.6 is 11.6 Å². The Bertz CT molecular complexity index is 693. The van der Waals surface area contributed by atoms with Crippen LogP contribution in [-0.2, 0) is 12.8 Å². The fourth-order valence-electron chi connectivity index (χ4n) is 2.08. The van der Waals surface area contributed by atoms with Crippen molar-refractivity contribution in [2.75, 3.05) is 6.54 Å². The van der Waals surface area contributed by atoms with Crippen molar-refractivity contribution >= 4 is 23.5 Å². The first-order chi connectivity index (χ1) is 10.5. The van der Waals surface area contributed by atoms with Crippen molar-refractivity contribution in [3.05, 3.63) is 58.0 Å². The van der Waals surface area contributed by atoms with E-state index in [-0.39, 0.29) is 11.3 Å². The summed E-state index contributed by atoms with van der Waals surface area (Å²) < 4.78 is 5.29. The van der Waals surface area contributed by atoms with Crippen molar-refractivity contribution in [3.63, 3.8) is 0 Å². The van der Waals surface area contributed by atoms with Crippen LogP contribution in [0.4, 0.5) is 0 Å². The zero-order valence-corrected chi connectivity index (χ0v) is 12.8. The quantitative estimate of drug-likeness (QED) is 0.856. The maximum Gasteiger partial charge on any atom is 0.339 e. The normalized spacial score (nSPS) is 10.5. The van der Waals surface area contributed by atoms with Crippen LogP contribution in [0.15, 0.2) is 34.7 Å². The molecule has 1 aromatic heterocycles. The largest absolute Gasteiger partial charge is 0.478 e. The lowest BCUT2D eigenvalue weighted by Crippen LogP contribution is -2.25. The van der Waals surface area contributed by atoms with Crippen LogP contribution in [0.1, 0.15) is 39.2 Å². The highest BCUT2D eigenvalue weighted by atomic mass is 35.5. The Morgan fingerprint density at radius 3 is 2.64 bits per heavy atom. The second-order valence-electron chi connectivity index (χ2n) is 4.70. The lowest BCUT2D eigenvalue weighted by molar-refractivity contribution is 0.0694. The number of aromatic carboxylic acids is 1. The molecule has 22 heavy (non-hydrogen) atoms. The van der Waals surface area contributed by atoms with Crippen molar-refractivity contribution in [2.45, 2.75) is 19.8 Å². The van der Waals surface area contributed by atoms with Crippen molar-refractivity contribution in [1.29, 1.82) is 0 Å². The predicted octanol–water partition coefficient (Wildman–Crippen LogP) is 3.17. The third-order valence-electron chi connectivity index (χ3n) is 3.22. The van der Waals surface area contributed by atoms with Gasteiger partial charge in [0.15, 0.2) is 5.76 Å². The van der Waals surface area contributed by atoms with Crippen LogP contribution in [0.2, 0.25) is 5.02 Å². The lowest BCUT2D eigenvalue weighted by Gasteiger charge is -2.05. The molecule has 0 aliphatic heterocycles. The number of carbonyl (C=O) groups excluding carboxylic acids is 1. The Kier molecular flexibility index (Phi) is 5.22. The molecule has 0 aliphatic carbocycles. The maximum absolute atomic E-state index is 12.0. The van der Waals surface area contributed by atoms with Gasteiger partial charge in [0, 0.05) is 24.1 Å². The fourth-order valence-corrected chi connectivity index (χ4v) is 2.31. The molecule has 116 valence electrons. The number of rotatable bonds is 6. The topological polar surface area (TPSA) is 79.5 Å². The number of halogens is 1. The molecule has 0 spiro atoms. The van der Waals surface area contributed by atoms with Crippen LogP contribution in [0.25, 0.3) is 0 Å². The second kappa shape index (κ2) is 7.13. The van der Waals surface area contributed by atoms with Crippen molar-refractivity contribution < 1.29 is 19.1 Å². The zero-order chi connectivity index (χ0) is 16.1. The monoisotopic (exact) mass is 321 g/mol. The van der Waals surface area contributed by atoms with E-state index in [0.717, 1.165) is 5.56 Å². The summed E-state index contributed by atoms with van der Waals surface area (Å²) in [4.78, 5) is 23.0. The summed E-state index contributed by atoms with van der Waals surface area (Å²) in [7, 11) is 0. The first-order valence-electron chi connectivity index (χ1n) is 6.90. The number of carboxylic acids is 1. The molecule has 0 atom stereocenters. The SMILES string of the molecule is CCc1oc(C(=O)NCCc2ccccc2Cl)cc1C(=O)O. The Balaban J connectivity index is 1.98. The molecule has 2 aromatic rings. The number of hydrogen-bond donors (Lipinski definition) is 2. The molecule has 2 N–H and O–H groups in total. The standard InChI is InChI=1S/C16H16ClNO4/c1-2-13-11(16(20)21)9-14(22-13)15(19)18-8-7-10-5-3-4-6-12(10)17/h3-6,9H,2,7-8H2,1H3,(H,18,19)(H,20,21). The van der Waals surface area contributed by atoms with Gasteiger partial charge in [0.05, 0.1) is 0 Å². The molecule has 0 unspecified atom stereocenters. The van der Waals surface area contributed by atoms with Gasteiger partial charge in [-0.25, -0.2) is 4.79 Å². The number of benzene rings is 1. The van der Waals surface area contributed by atoms with E-state index in [1.807, 2.05) is 18.2 Å². The molecule has 6 heteroatoms. The second-order valence-corrected chi connectivity index (χ2v) is 5.11. The van der Waals surface area contributed by atoms with Gasteiger partial charge < -0.3 is 14.8 Å². The number of hydrogen-bond acceptors (Lipinski definition) is 3. The summed E-state index contributed by atoms with van der Waals surface area (Å²) in [5.41, 5.74) is 0.961. The summed E-state index contributed by atoms with van der Waals surface area (Å²) >= 11 is 6.04. The number of amides is 1. The minimum Gasteiger partial charge on any atom is -0.478 e. The van der Waals surface area contributed by atoms with Crippen LogP contribution in [0.3, 0.4) is 0 Å². The number of carbonyl (C=O) groups is 2. The third-order valence-corrected chi connectivity index (χ3v) is 3.59. The highest BCUT2D eigenvalue weighted by Crippen LogP contribution is 2.17. The molecule has 1 heterocycles. The lowest BCUT2D eigenvalue weighted by atomic mass is 10.1. The number of aryl methyl sites for hydroxylation is 1. The van der Waals surface area contributed by atoms with E-state index in [4.69, 9.17) is 21.1 Å². The van der Waals surface area contributed by atoms with E-state index < -0.39 is 11.9 Å². The molecule has 0 radical (unpaired) electrons. The summed E-state index contributed by atoms with van der Waals surface area (Å²) in [6.07, 6.45) is 0.993. The van der Waals surface area contributed by atoms with Gasteiger partial charge >= 0.3 is 5.97 Å². The molecule has 0 bridgehead atoms. The van der Waals surface area contributed by atoms with Gasteiger partial charge in [-0.2, -0.15) is 0 Å². The Morgan fingerprint density at radius 2 is 2.05 bits per heavy atom. The minimum absolute atomic E-state index is 0.00779. The molecular formula is C16H16ClNO4. The van der Waals surface area contributed by atoms with Crippen molar-refractivity contribution in [1.82, 2.24) is 5.32 Å². The molecule has 0 saturated heterocycles. The molecule has 1 aromatic carbocycles. The first-order valence-corrected chi connectivity index (χ1v) is 7.28. The maximum atomic E-state index is 12.0. The van der Waals surface area contributed by atoms with Crippen LogP contribution in [-0.4, -0.2) is 23.5 Å². The average Bonchev–Trinajstić information content (AvgIpc) is 2.93. The van der Waals surface area contributed by atoms with E-state index in [9.17, 15) is 9.59 Å².